The van der Waals surface area contributed by atoms with Gasteiger partial charge in [0.05, 0.1) is 23.8 Å². The Hall–Kier alpha value is -1.41. The van der Waals surface area contributed by atoms with E-state index in [4.69, 9.17) is 5.26 Å². The maximum Gasteiger partial charge on any atom is 0.101 e. The average molecular weight is 204 g/mol. The molecule has 1 aromatic carbocycles. The first-order chi connectivity index (χ1) is 7.22. The van der Waals surface area contributed by atoms with Crippen LogP contribution in [-0.2, 0) is 0 Å². The van der Waals surface area contributed by atoms with Gasteiger partial charge in [-0.05, 0) is 17.7 Å². The zero-order valence-electron chi connectivity index (χ0n) is 8.09. The maximum atomic E-state index is 9.66. The summed E-state index contributed by atoms with van der Waals surface area (Å²) in [7, 11) is 0. The molecule has 1 heterocycles. The molecule has 0 saturated carbocycles. The summed E-state index contributed by atoms with van der Waals surface area (Å²) in [5.74, 6) is 0. The number of β-amino-alcohol motifs (C(OH)–C–C–N with tert-alkyl or cyclic N) is 1. The highest BCUT2D eigenvalue weighted by molar-refractivity contribution is 5.33. The second kappa shape index (κ2) is 3.99. The van der Waals surface area contributed by atoms with Gasteiger partial charge in [0.25, 0.3) is 0 Å². The van der Waals surface area contributed by atoms with Gasteiger partial charge in [-0.1, -0.05) is 12.1 Å². The fraction of sp³-hybridized carbons (Fsp3) is 0.364. The van der Waals surface area contributed by atoms with Crippen LogP contribution in [0.3, 0.4) is 0 Å². The van der Waals surface area contributed by atoms with Crippen molar-refractivity contribution in [2.75, 3.05) is 6.54 Å². The first-order valence-corrected chi connectivity index (χ1v) is 4.82. The molecule has 2 rings (SSSR count). The number of rotatable bonds is 1. The molecular formula is C11H12N2O2. The summed E-state index contributed by atoms with van der Waals surface area (Å²) in [6, 6.07) is 8.77. The lowest BCUT2D eigenvalue weighted by atomic mass is 10.0. The molecule has 1 saturated heterocycles. The van der Waals surface area contributed by atoms with E-state index >= 15 is 0 Å². The smallest absolute Gasteiger partial charge is 0.101 e. The quantitative estimate of drug-likeness (QED) is 0.598. The third-order valence-corrected chi connectivity index (χ3v) is 2.68. The summed E-state index contributed by atoms with van der Waals surface area (Å²) in [5, 5.41) is 30.7. The third kappa shape index (κ3) is 1.85. The zero-order chi connectivity index (χ0) is 10.8. The van der Waals surface area contributed by atoms with Crippen molar-refractivity contribution in [1.82, 2.24) is 5.32 Å². The molecule has 78 valence electrons. The number of hydrogen-bond donors (Lipinski definition) is 3. The SMILES string of the molecule is N#Cc1ccc(C2NCC(O)C2O)cc1. The summed E-state index contributed by atoms with van der Waals surface area (Å²) in [4.78, 5) is 0. The maximum absolute atomic E-state index is 9.66. The molecule has 0 radical (unpaired) electrons. The van der Waals surface area contributed by atoms with Crippen LogP contribution in [0.4, 0.5) is 0 Å². The van der Waals surface area contributed by atoms with Gasteiger partial charge >= 0.3 is 0 Å². The molecule has 15 heavy (non-hydrogen) atoms. The zero-order valence-corrected chi connectivity index (χ0v) is 8.09. The van der Waals surface area contributed by atoms with E-state index in [1.165, 1.54) is 0 Å². The van der Waals surface area contributed by atoms with Gasteiger partial charge in [0.2, 0.25) is 0 Å². The Morgan fingerprint density at radius 2 is 1.93 bits per heavy atom. The van der Waals surface area contributed by atoms with Crippen LogP contribution < -0.4 is 5.32 Å². The fourth-order valence-corrected chi connectivity index (χ4v) is 1.79. The first-order valence-electron chi connectivity index (χ1n) is 4.82. The highest BCUT2D eigenvalue weighted by Crippen LogP contribution is 2.24. The van der Waals surface area contributed by atoms with Crippen molar-refractivity contribution in [2.24, 2.45) is 0 Å². The Kier molecular flexibility index (Phi) is 2.69. The van der Waals surface area contributed by atoms with E-state index in [2.05, 4.69) is 5.32 Å². The van der Waals surface area contributed by atoms with Crippen LogP contribution in [0.15, 0.2) is 24.3 Å². The molecule has 1 aromatic rings. The van der Waals surface area contributed by atoms with Gasteiger partial charge in [-0.2, -0.15) is 5.26 Å². The second-order valence-electron chi connectivity index (χ2n) is 3.68. The normalized spacial score (nSPS) is 30.1. The molecule has 3 atom stereocenters. The standard InChI is InChI=1S/C11H12N2O2/c12-5-7-1-3-8(4-2-7)10-11(15)9(14)6-13-10/h1-4,9-11,13-15H,6H2. The van der Waals surface area contributed by atoms with Crippen LogP contribution in [0.25, 0.3) is 0 Å². The molecule has 3 unspecified atom stereocenters. The van der Waals surface area contributed by atoms with Crippen LogP contribution in [0.2, 0.25) is 0 Å². The lowest BCUT2D eigenvalue weighted by Crippen LogP contribution is -2.25. The number of nitriles is 1. The Labute approximate surface area is 87.8 Å². The van der Waals surface area contributed by atoms with E-state index < -0.39 is 12.2 Å². The van der Waals surface area contributed by atoms with Crippen molar-refractivity contribution >= 4 is 0 Å². The van der Waals surface area contributed by atoms with E-state index in [1.807, 2.05) is 6.07 Å². The number of benzene rings is 1. The number of hydrogen-bond acceptors (Lipinski definition) is 4. The predicted molar refractivity (Wildman–Crippen MR) is 53.9 cm³/mol. The number of nitrogens with one attached hydrogen (secondary N) is 1. The van der Waals surface area contributed by atoms with Gasteiger partial charge in [-0.3, -0.25) is 0 Å². The molecule has 4 heteroatoms. The minimum Gasteiger partial charge on any atom is -0.389 e. The number of aliphatic hydroxyl groups is 2. The van der Waals surface area contributed by atoms with Crippen LogP contribution in [-0.4, -0.2) is 29.0 Å². The minimum absolute atomic E-state index is 0.243. The molecule has 3 N–H and O–H groups in total. The van der Waals surface area contributed by atoms with E-state index in [1.54, 1.807) is 24.3 Å². The molecule has 1 fully saturated rings. The Morgan fingerprint density at radius 3 is 2.40 bits per heavy atom. The van der Waals surface area contributed by atoms with Crippen molar-refractivity contribution in [3.05, 3.63) is 35.4 Å². The van der Waals surface area contributed by atoms with Gasteiger partial charge in [0, 0.05) is 6.54 Å². The molecule has 0 aliphatic carbocycles. The summed E-state index contributed by atoms with van der Waals surface area (Å²) < 4.78 is 0. The summed E-state index contributed by atoms with van der Waals surface area (Å²) >= 11 is 0. The molecule has 0 aromatic heterocycles. The van der Waals surface area contributed by atoms with E-state index in [9.17, 15) is 10.2 Å². The Balaban J connectivity index is 2.20. The minimum atomic E-state index is -0.780. The second-order valence-corrected chi connectivity index (χ2v) is 3.68. The highest BCUT2D eigenvalue weighted by Gasteiger charge is 2.33. The Morgan fingerprint density at radius 1 is 1.27 bits per heavy atom. The predicted octanol–water partition coefficient (Wildman–Crippen LogP) is -0.0756. The molecular weight excluding hydrogens is 192 g/mol. The summed E-state index contributed by atoms with van der Waals surface area (Å²) in [5.41, 5.74) is 1.48. The van der Waals surface area contributed by atoms with E-state index in [0.717, 1.165) is 5.56 Å². The van der Waals surface area contributed by atoms with E-state index in [0.29, 0.717) is 12.1 Å². The van der Waals surface area contributed by atoms with Crippen molar-refractivity contribution in [1.29, 1.82) is 5.26 Å². The van der Waals surface area contributed by atoms with Crippen LogP contribution >= 0.6 is 0 Å². The number of nitrogens with zero attached hydrogens (tertiary/aromatic N) is 1. The van der Waals surface area contributed by atoms with Gasteiger partial charge in [-0.25, -0.2) is 0 Å². The lowest BCUT2D eigenvalue weighted by molar-refractivity contribution is 0.0405. The fourth-order valence-electron chi connectivity index (χ4n) is 1.79. The number of aliphatic hydroxyl groups excluding tert-OH is 2. The third-order valence-electron chi connectivity index (χ3n) is 2.68. The van der Waals surface area contributed by atoms with Gasteiger partial charge < -0.3 is 15.5 Å². The van der Waals surface area contributed by atoms with E-state index in [-0.39, 0.29) is 6.04 Å². The van der Waals surface area contributed by atoms with Crippen LogP contribution in [0, 0.1) is 11.3 Å². The van der Waals surface area contributed by atoms with Crippen molar-refractivity contribution in [3.8, 4) is 6.07 Å². The van der Waals surface area contributed by atoms with Crippen LogP contribution in [0.1, 0.15) is 17.2 Å². The highest BCUT2D eigenvalue weighted by atomic mass is 16.3. The largest absolute Gasteiger partial charge is 0.389 e. The molecule has 0 spiro atoms. The van der Waals surface area contributed by atoms with Gasteiger partial charge in [-0.15, -0.1) is 0 Å². The molecule has 1 aliphatic rings. The topological polar surface area (TPSA) is 76.3 Å². The molecule has 0 bridgehead atoms. The van der Waals surface area contributed by atoms with Gasteiger partial charge in [0.1, 0.15) is 6.10 Å². The summed E-state index contributed by atoms with van der Waals surface area (Å²) in [6.45, 7) is 0.395. The Bertz CT molecular complexity index is 383. The molecule has 0 amide bonds. The van der Waals surface area contributed by atoms with Crippen molar-refractivity contribution in [2.45, 2.75) is 18.2 Å². The van der Waals surface area contributed by atoms with Crippen molar-refractivity contribution < 1.29 is 10.2 Å². The average Bonchev–Trinajstić information content (AvgIpc) is 2.60. The molecule has 4 nitrogen and oxygen atoms in total. The van der Waals surface area contributed by atoms with Crippen LogP contribution in [0.5, 0.6) is 0 Å². The molecule has 1 aliphatic heterocycles. The van der Waals surface area contributed by atoms with Gasteiger partial charge in [0.15, 0.2) is 0 Å². The summed E-state index contributed by atoms with van der Waals surface area (Å²) in [6.07, 6.45) is -1.50. The first kappa shape index (κ1) is 10.1. The lowest BCUT2D eigenvalue weighted by Gasteiger charge is -2.16. The van der Waals surface area contributed by atoms with Crippen molar-refractivity contribution in [3.63, 3.8) is 0 Å². The monoisotopic (exact) mass is 204 g/mol.